The van der Waals surface area contributed by atoms with Gasteiger partial charge in [0.15, 0.2) is 6.10 Å². The fraction of sp³-hybridized carbons (Fsp3) is 0.818. The maximum Gasteiger partial charge on any atom is 0.334 e. The van der Waals surface area contributed by atoms with Crippen LogP contribution in [0, 0.1) is 0 Å². The van der Waals surface area contributed by atoms with Crippen molar-refractivity contribution in [1.29, 1.82) is 0 Å². The molecule has 0 aliphatic carbocycles. The van der Waals surface area contributed by atoms with E-state index in [0.29, 0.717) is 0 Å². The average Bonchev–Trinajstić information content (AvgIpc) is 2.12. The Hall–Kier alpha value is -1.14. The minimum absolute atomic E-state index is 0.112. The van der Waals surface area contributed by atoms with Crippen LogP contribution in [0.4, 0.5) is 0 Å². The lowest BCUT2D eigenvalue weighted by Crippen LogP contribution is -2.36. The van der Waals surface area contributed by atoms with E-state index < -0.39 is 29.9 Å². The molecule has 2 unspecified atom stereocenters. The molecule has 0 aliphatic heterocycles. The highest BCUT2D eigenvalue weighted by atomic mass is 16.6. The summed E-state index contributed by atoms with van der Waals surface area (Å²) in [6.07, 6.45) is -1.81. The Morgan fingerprint density at radius 2 is 1.82 bits per heavy atom. The minimum atomic E-state index is -0.890. The largest absolute Gasteiger partial charge is 0.467 e. The SMILES string of the molecule is COC(=O)C(C)OC(N)CC(=O)OC(C)(C)C. The van der Waals surface area contributed by atoms with Crippen LogP contribution in [0.1, 0.15) is 34.1 Å². The van der Waals surface area contributed by atoms with E-state index in [0.717, 1.165) is 0 Å². The van der Waals surface area contributed by atoms with Gasteiger partial charge >= 0.3 is 11.9 Å². The van der Waals surface area contributed by atoms with Gasteiger partial charge in [-0.15, -0.1) is 0 Å². The van der Waals surface area contributed by atoms with Gasteiger partial charge in [-0.05, 0) is 27.7 Å². The lowest BCUT2D eigenvalue weighted by molar-refractivity contribution is -0.165. The van der Waals surface area contributed by atoms with E-state index in [4.69, 9.17) is 15.2 Å². The minimum Gasteiger partial charge on any atom is -0.467 e. The van der Waals surface area contributed by atoms with Gasteiger partial charge in [0, 0.05) is 0 Å². The predicted molar refractivity (Wildman–Crippen MR) is 61.0 cm³/mol. The smallest absolute Gasteiger partial charge is 0.334 e. The Morgan fingerprint density at radius 1 is 1.29 bits per heavy atom. The third-order valence-corrected chi connectivity index (χ3v) is 1.70. The topological polar surface area (TPSA) is 87.9 Å². The third kappa shape index (κ3) is 7.70. The number of carbonyl (C=O) groups is 2. The molecule has 2 N–H and O–H groups in total. The second-order valence-electron chi connectivity index (χ2n) is 4.63. The van der Waals surface area contributed by atoms with E-state index in [9.17, 15) is 9.59 Å². The van der Waals surface area contributed by atoms with Crippen molar-refractivity contribution in [3.05, 3.63) is 0 Å². The number of hydrogen-bond donors (Lipinski definition) is 1. The molecule has 0 aromatic rings. The van der Waals surface area contributed by atoms with Crippen molar-refractivity contribution >= 4 is 11.9 Å². The van der Waals surface area contributed by atoms with Crippen molar-refractivity contribution in [3.63, 3.8) is 0 Å². The lowest BCUT2D eigenvalue weighted by Gasteiger charge is -2.22. The van der Waals surface area contributed by atoms with Gasteiger partial charge in [0.2, 0.25) is 0 Å². The molecule has 0 aromatic carbocycles. The molecule has 0 radical (unpaired) electrons. The summed E-state index contributed by atoms with van der Waals surface area (Å²) in [6.45, 7) is 6.78. The number of carbonyl (C=O) groups excluding carboxylic acids is 2. The number of rotatable bonds is 5. The molecule has 6 nitrogen and oxygen atoms in total. The first-order valence-electron chi connectivity index (χ1n) is 5.36. The number of methoxy groups -OCH3 is 1. The summed E-state index contributed by atoms with van der Waals surface area (Å²) in [4.78, 5) is 22.4. The van der Waals surface area contributed by atoms with Crippen molar-refractivity contribution in [3.8, 4) is 0 Å². The Balaban J connectivity index is 4.06. The first-order chi connectivity index (χ1) is 7.65. The molecule has 0 aliphatic rings. The highest BCUT2D eigenvalue weighted by Gasteiger charge is 2.22. The van der Waals surface area contributed by atoms with Crippen LogP contribution in [0.25, 0.3) is 0 Å². The fourth-order valence-electron chi connectivity index (χ4n) is 1.08. The quantitative estimate of drug-likeness (QED) is 0.565. The molecule has 0 spiro atoms. The predicted octanol–water partition coefficient (Wildman–Crippen LogP) is 0.581. The highest BCUT2D eigenvalue weighted by molar-refractivity contribution is 5.74. The van der Waals surface area contributed by atoms with E-state index in [2.05, 4.69) is 4.74 Å². The molecule has 0 saturated heterocycles. The first kappa shape index (κ1) is 15.9. The molecular formula is C11H21NO5. The third-order valence-electron chi connectivity index (χ3n) is 1.70. The first-order valence-corrected chi connectivity index (χ1v) is 5.36. The molecular weight excluding hydrogens is 226 g/mol. The summed E-state index contributed by atoms with van der Waals surface area (Å²) >= 11 is 0. The molecule has 0 bridgehead atoms. The fourth-order valence-corrected chi connectivity index (χ4v) is 1.08. The average molecular weight is 247 g/mol. The van der Waals surface area contributed by atoms with E-state index >= 15 is 0 Å². The van der Waals surface area contributed by atoms with E-state index in [-0.39, 0.29) is 6.42 Å². The molecule has 0 rings (SSSR count). The monoisotopic (exact) mass is 247 g/mol. The van der Waals surface area contributed by atoms with Crippen LogP contribution in [0.15, 0.2) is 0 Å². The number of esters is 2. The van der Waals surface area contributed by atoms with E-state index in [1.54, 1.807) is 20.8 Å². The summed E-state index contributed by atoms with van der Waals surface area (Å²) in [5.74, 6) is -1.01. The van der Waals surface area contributed by atoms with Gasteiger partial charge in [-0.2, -0.15) is 0 Å². The van der Waals surface area contributed by atoms with Crippen LogP contribution >= 0.6 is 0 Å². The van der Waals surface area contributed by atoms with Gasteiger partial charge in [0.05, 0.1) is 13.5 Å². The number of ether oxygens (including phenoxy) is 3. The summed E-state index contributed by atoms with van der Waals surface area (Å²) in [5.41, 5.74) is 4.99. The normalized spacial score (nSPS) is 14.9. The molecule has 0 heterocycles. The van der Waals surface area contributed by atoms with Crippen LogP contribution in [-0.4, -0.2) is 37.0 Å². The van der Waals surface area contributed by atoms with Crippen molar-refractivity contribution in [2.24, 2.45) is 5.73 Å². The Bertz CT molecular complexity index is 272. The molecule has 100 valence electrons. The van der Waals surface area contributed by atoms with Gasteiger partial charge in [-0.1, -0.05) is 0 Å². The van der Waals surface area contributed by atoms with E-state index in [1.165, 1.54) is 14.0 Å². The summed E-state index contributed by atoms with van der Waals surface area (Å²) < 4.78 is 14.6. The molecule has 0 amide bonds. The standard InChI is InChI=1S/C11H21NO5/c1-7(10(14)15-5)16-8(12)6-9(13)17-11(2,3)4/h7-8H,6,12H2,1-5H3. The zero-order chi connectivity index (χ0) is 13.6. The molecule has 0 aromatic heterocycles. The molecule has 2 atom stereocenters. The van der Waals surface area contributed by atoms with E-state index in [1.807, 2.05) is 0 Å². The van der Waals surface area contributed by atoms with Crippen molar-refractivity contribution in [2.75, 3.05) is 7.11 Å². The number of nitrogens with two attached hydrogens (primary N) is 1. The zero-order valence-corrected chi connectivity index (χ0v) is 11.0. The molecule has 17 heavy (non-hydrogen) atoms. The molecule has 0 fully saturated rings. The highest BCUT2D eigenvalue weighted by Crippen LogP contribution is 2.09. The van der Waals surface area contributed by atoms with Gasteiger partial charge in [0.25, 0.3) is 0 Å². The van der Waals surface area contributed by atoms with Crippen LogP contribution in [0.2, 0.25) is 0 Å². The summed E-state index contributed by atoms with van der Waals surface area (Å²) in [5, 5.41) is 0. The Labute approximate surface area is 101 Å². The van der Waals surface area contributed by atoms with Crippen LogP contribution in [0.3, 0.4) is 0 Å². The lowest BCUT2D eigenvalue weighted by atomic mass is 10.2. The maximum atomic E-state index is 11.4. The van der Waals surface area contributed by atoms with Gasteiger partial charge in [0.1, 0.15) is 11.8 Å². The molecule has 6 heteroatoms. The van der Waals surface area contributed by atoms with Crippen LogP contribution < -0.4 is 5.73 Å². The Morgan fingerprint density at radius 3 is 2.24 bits per heavy atom. The Kier molecular flexibility index (Phi) is 6.12. The van der Waals surface area contributed by atoms with Gasteiger partial charge < -0.3 is 19.9 Å². The molecule has 0 saturated carbocycles. The number of hydrogen-bond acceptors (Lipinski definition) is 6. The van der Waals surface area contributed by atoms with Crippen LogP contribution in [-0.2, 0) is 23.8 Å². The summed E-state index contributed by atoms with van der Waals surface area (Å²) in [7, 11) is 1.25. The van der Waals surface area contributed by atoms with Crippen molar-refractivity contribution in [2.45, 2.75) is 52.0 Å². The zero-order valence-electron chi connectivity index (χ0n) is 11.0. The van der Waals surface area contributed by atoms with Gasteiger partial charge in [-0.3, -0.25) is 4.79 Å². The second-order valence-corrected chi connectivity index (χ2v) is 4.63. The van der Waals surface area contributed by atoms with Crippen molar-refractivity contribution in [1.82, 2.24) is 0 Å². The summed E-state index contributed by atoms with van der Waals surface area (Å²) in [6, 6.07) is 0. The van der Waals surface area contributed by atoms with Crippen molar-refractivity contribution < 1.29 is 23.8 Å². The van der Waals surface area contributed by atoms with Crippen LogP contribution in [0.5, 0.6) is 0 Å². The maximum absolute atomic E-state index is 11.4. The van der Waals surface area contributed by atoms with Gasteiger partial charge in [-0.25, -0.2) is 4.79 Å². The second kappa shape index (κ2) is 6.56.